The average molecular weight is 378 g/mol. The van der Waals surface area contributed by atoms with Gasteiger partial charge in [0.05, 0.1) is 4.90 Å². The van der Waals surface area contributed by atoms with Crippen LogP contribution in [-0.4, -0.2) is 27.4 Å². The molecule has 0 radical (unpaired) electrons. The smallest absolute Gasteiger partial charge is 0.240 e. The first-order chi connectivity index (χ1) is 10.8. The van der Waals surface area contributed by atoms with Crippen molar-refractivity contribution in [1.82, 2.24) is 4.72 Å². The molecule has 1 amide bonds. The second-order valence-corrected chi connectivity index (χ2v) is 7.65. The topological polar surface area (TPSA) is 101 Å². The number of benzene rings is 1. The molecule has 8 heteroatoms. The van der Waals surface area contributed by atoms with E-state index in [1.54, 1.807) is 12.1 Å². The molecular formula is C16H28ClN3O3S. The molecule has 0 aliphatic carbocycles. The maximum absolute atomic E-state index is 12.1. The van der Waals surface area contributed by atoms with Crippen molar-refractivity contribution in [2.75, 3.05) is 18.4 Å². The van der Waals surface area contributed by atoms with Gasteiger partial charge in [-0.15, -0.1) is 12.4 Å². The Morgan fingerprint density at radius 1 is 1.29 bits per heavy atom. The Kier molecular flexibility index (Phi) is 10.1. The standard InChI is InChI=1S/C16H27N3O3S.ClH/c1-4-13(12(2)3)10-16(20)19-14-6-5-7-15(11-14)23(21,22)18-9-8-17;/h5-7,11-13,18H,4,8-10,17H2,1-3H3,(H,19,20);1H. The number of hydrogen-bond donors (Lipinski definition) is 3. The number of hydrogen-bond acceptors (Lipinski definition) is 4. The van der Waals surface area contributed by atoms with Gasteiger partial charge >= 0.3 is 0 Å². The number of anilines is 1. The third-order valence-corrected chi connectivity index (χ3v) is 5.24. The van der Waals surface area contributed by atoms with Crippen molar-refractivity contribution in [2.45, 2.75) is 38.5 Å². The molecule has 1 aromatic rings. The van der Waals surface area contributed by atoms with Crippen LogP contribution in [-0.2, 0) is 14.8 Å². The fraction of sp³-hybridized carbons (Fsp3) is 0.562. The Balaban J connectivity index is 0.00000529. The highest BCUT2D eigenvalue weighted by Gasteiger charge is 2.17. The van der Waals surface area contributed by atoms with Crippen LogP contribution < -0.4 is 15.8 Å². The lowest BCUT2D eigenvalue weighted by Gasteiger charge is -2.18. The predicted octanol–water partition coefficient (Wildman–Crippen LogP) is 2.36. The van der Waals surface area contributed by atoms with Gasteiger partial charge in [0.15, 0.2) is 0 Å². The summed E-state index contributed by atoms with van der Waals surface area (Å²) < 4.78 is 26.5. The summed E-state index contributed by atoms with van der Waals surface area (Å²) in [6.45, 7) is 6.65. The maximum Gasteiger partial charge on any atom is 0.240 e. The first-order valence-electron chi connectivity index (χ1n) is 7.89. The van der Waals surface area contributed by atoms with Crippen molar-refractivity contribution >= 4 is 34.0 Å². The van der Waals surface area contributed by atoms with Crippen LogP contribution in [0.25, 0.3) is 0 Å². The van der Waals surface area contributed by atoms with Gasteiger partial charge in [0.1, 0.15) is 0 Å². The largest absolute Gasteiger partial charge is 0.329 e. The summed E-state index contributed by atoms with van der Waals surface area (Å²) in [5.41, 5.74) is 5.79. The summed E-state index contributed by atoms with van der Waals surface area (Å²) in [4.78, 5) is 12.2. The van der Waals surface area contributed by atoms with Gasteiger partial charge in [-0.05, 0) is 30.0 Å². The van der Waals surface area contributed by atoms with Crippen LogP contribution in [0, 0.1) is 11.8 Å². The predicted molar refractivity (Wildman–Crippen MR) is 99.8 cm³/mol. The van der Waals surface area contributed by atoms with E-state index in [2.05, 4.69) is 30.8 Å². The SMILES string of the molecule is CCC(CC(=O)Nc1cccc(S(=O)(=O)NCCN)c1)C(C)C.Cl. The van der Waals surface area contributed by atoms with Crippen molar-refractivity contribution < 1.29 is 13.2 Å². The Hall–Kier alpha value is -1.15. The molecule has 0 aliphatic rings. The summed E-state index contributed by atoms with van der Waals surface area (Å²) in [7, 11) is -3.60. The van der Waals surface area contributed by atoms with Gasteiger partial charge in [0.2, 0.25) is 15.9 Å². The molecule has 4 N–H and O–H groups in total. The van der Waals surface area contributed by atoms with Crippen LogP contribution in [0.5, 0.6) is 0 Å². The van der Waals surface area contributed by atoms with Crippen LogP contribution in [0.1, 0.15) is 33.6 Å². The Bertz CT molecular complexity index is 621. The van der Waals surface area contributed by atoms with Crippen LogP contribution in [0.2, 0.25) is 0 Å². The minimum Gasteiger partial charge on any atom is -0.329 e. The molecule has 0 spiro atoms. The lowest BCUT2D eigenvalue weighted by molar-refractivity contribution is -0.117. The van der Waals surface area contributed by atoms with Crippen molar-refractivity contribution in [1.29, 1.82) is 0 Å². The number of rotatable bonds is 9. The van der Waals surface area contributed by atoms with E-state index in [-0.39, 0.29) is 36.3 Å². The lowest BCUT2D eigenvalue weighted by atomic mass is 9.90. The molecule has 0 heterocycles. The van der Waals surface area contributed by atoms with Crippen molar-refractivity contribution in [3.63, 3.8) is 0 Å². The van der Waals surface area contributed by atoms with Gasteiger partial charge in [-0.2, -0.15) is 0 Å². The van der Waals surface area contributed by atoms with Crippen molar-refractivity contribution in [3.8, 4) is 0 Å². The first-order valence-corrected chi connectivity index (χ1v) is 9.38. The summed E-state index contributed by atoms with van der Waals surface area (Å²) in [6.07, 6.45) is 1.36. The quantitative estimate of drug-likeness (QED) is 0.614. The molecule has 0 aliphatic heterocycles. The number of sulfonamides is 1. The Morgan fingerprint density at radius 3 is 2.50 bits per heavy atom. The fourth-order valence-electron chi connectivity index (χ4n) is 2.32. The molecule has 0 bridgehead atoms. The van der Waals surface area contributed by atoms with Crippen molar-refractivity contribution in [3.05, 3.63) is 24.3 Å². The number of carbonyl (C=O) groups excluding carboxylic acids is 1. The minimum absolute atomic E-state index is 0. The number of amides is 1. The second-order valence-electron chi connectivity index (χ2n) is 5.88. The highest BCUT2D eigenvalue weighted by Crippen LogP contribution is 2.21. The van der Waals surface area contributed by atoms with Crippen LogP contribution in [0.15, 0.2) is 29.2 Å². The van der Waals surface area contributed by atoms with Crippen molar-refractivity contribution in [2.24, 2.45) is 17.6 Å². The second kappa shape index (κ2) is 10.7. The molecule has 0 aromatic heterocycles. The zero-order valence-electron chi connectivity index (χ0n) is 14.4. The molecule has 6 nitrogen and oxygen atoms in total. The van der Waals surface area contributed by atoms with E-state index in [1.165, 1.54) is 12.1 Å². The maximum atomic E-state index is 12.1. The Morgan fingerprint density at radius 2 is 1.96 bits per heavy atom. The van der Waals surface area contributed by atoms with E-state index >= 15 is 0 Å². The van der Waals surface area contributed by atoms with Gasteiger partial charge in [0, 0.05) is 25.2 Å². The highest BCUT2D eigenvalue weighted by molar-refractivity contribution is 7.89. The minimum atomic E-state index is -3.60. The third-order valence-electron chi connectivity index (χ3n) is 3.78. The summed E-state index contributed by atoms with van der Waals surface area (Å²) in [6, 6.07) is 6.22. The van der Waals surface area contributed by atoms with E-state index < -0.39 is 10.0 Å². The first kappa shape index (κ1) is 22.9. The molecule has 1 aromatic carbocycles. The zero-order valence-corrected chi connectivity index (χ0v) is 16.0. The highest BCUT2D eigenvalue weighted by atomic mass is 35.5. The van der Waals surface area contributed by atoms with E-state index in [1.807, 2.05) is 0 Å². The summed E-state index contributed by atoms with van der Waals surface area (Å²) >= 11 is 0. The third kappa shape index (κ3) is 7.17. The monoisotopic (exact) mass is 377 g/mol. The van der Waals surface area contributed by atoms with Gasteiger partial charge in [-0.1, -0.05) is 33.3 Å². The van der Waals surface area contributed by atoms with E-state index in [0.29, 0.717) is 23.9 Å². The number of nitrogens with two attached hydrogens (primary N) is 1. The van der Waals surface area contributed by atoms with Crippen LogP contribution >= 0.6 is 12.4 Å². The van der Waals surface area contributed by atoms with Gasteiger partial charge < -0.3 is 11.1 Å². The molecule has 0 saturated heterocycles. The fourth-order valence-corrected chi connectivity index (χ4v) is 3.41. The zero-order chi connectivity index (χ0) is 17.5. The molecular weight excluding hydrogens is 350 g/mol. The van der Waals surface area contributed by atoms with Crippen LogP contribution in [0.4, 0.5) is 5.69 Å². The lowest BCUT2D eigenvalue weighted by Crippen LogP contribution is -2.29. The van der Waals surface area contributed by atoms with Gasteiger partial charge in [0.25, 0.3) is 0 Å². The van der Waals surface area contributed by atoms with Crippen LogP contribution in [0.3, 0.4) is 0 Å². The normalized spacial score (nSPS) is 12.5. The number of nitrogens with one attached hydrogen (secondary N) is 2. The molecule has 0 saturated carbocycles. The number of carbonyl (C=O) groups is 1. The summed E-state index contributed by atoms with van der Waals surface area (Å²) in [5.74, 6) is 0.640. The molecule has 1 unspecified atom stereocenters. The van der Waals surface area contributed by atoms with Gasteiger partial charge in [-0.3, -0.25) is 4.79 Å². The number of halogens is 1. The van der Waals surface area contributed by atoms with Gasteiger partial charge in [-0.25, -0.2) is 13.1 Å². The average Bonchev–Trinajstić information content (AvgIpc) is 2.50. The van der Waals surface area contributed by atoms with E-state index in [0.717, 1.165) is 6.42 Å². The molecule has 24 heavy (non-hydrogen) atoms. The van der Waals surface area contributed by atoms with E-state index in [4.69, 9.17) is 5.73 Å². The Labute approximate surface area is 151 Å². The van der Waals surface area contributed by atoms with E-state index in [9.17, 15) is 13.2 Å². The summed E-state index contributed by atoms with van der Waals surface area (Å²) in [5, 5.41) is 2.77. The molecule has 1 atom stereocenters. The molecule has 0 fully saturated rings. The molecule has 1 rings (SSSR count). The molecule has 138 valence electrons.